The molecule has 2 rings (SSSR count). The summed E-state index contributed by atoms with van der Waals surface area (Å²) in [7, 11) is 0. The molecule has 0 aromatic heterocycles. The summed E-state index contributed by atoms with van der Waals surface area (Å²) in [6.45, 7) is 8.18. The van der Waals surface area contributed by atoms with Gasteiger partial charge < -0.3 is 11.5 Å². The Bertz CT molecular complexity index is 517. The van der Waals surface area contributed by atoms with Crippen molar-refractivity contribution in [3.05, 3.63) is 46.5 Å². The first-order valence-corrected chi connectivity index (χ1v) is 6.14. The van der Waals surface area contributed by atoms with E-state index >= 15 is 0 Å². The van der Waals surface area contributed by atoms with Gasteiger partial charge in [-0.15, -0.1) is 0 Å². The molecule has 0 saturated heterocycles. The third-order valence-corrected chi connectivity index (χ3v) is 3.52. The van der Waals surface area contributed by atoms with Crippen molar-refractivity contribution in [2.24, 2.45) is 0 Å². The number of anilines is 2. The molecule has 2 aromatic rings. The van der Waals surface area contributed by atoms with Crippen LogP contribution in [-0.4, -0.2) is 29.6 Å². The second-order valence-electron chi connectivity index (χ2n) is 5.05. The minimum Gasteiger partial charge on any atom is -0.398 e. The van der Waals surface area contributed by atoms with E-state index in [0.29, 0.717) is 0 Å². The van der Waals surface area contributed by atoms with Gasteiger partial charge in [0.05, 0.1) is 0 Å². The molecule has 2 nitrogen and oxygen atoms in total. The monoisotopic (exact) mass is 263 g/mol. The predicted molar refractivity (Wildman–Crippen MR) is 85.4 cm³/mol. The first-order valence-electron chi connectivity index (χ1n) is 6.14. The number of nitrogens with two attached hydrogens (primary N) is 2. The van der Waals surface area contributed by atoms with Crippen LogP contribution in [0.5, 0.6) is 0 Å². The molecule has 0 aliphatic rings. The molecule has 0 bridgehead atoms. The normalized spacial score (nSPS) is 10.1. The summed E-state index contributed by atoms with van der Waals surface area (Å²) >= 11 is 0. The summed E-state index contributed by atoms with van der Waals surface area (Å²) in [6.07, 6.45) is 0. The zero-order valence-corrected chi connectivity index (χ0v) is 14.5. The van der Waals surface area contributed by atoms with Gasteiger partial charge in [0.1, 0.15) is 0 Å². The Hall–Kier alpha value is -0.960. The van der Waals surface area contributed by atoms with Crippen LogP contribution in [0.25, 0.3) is 11.1 Å². The number of nitrogen functional groups attached to an aromatic ring is 2. The Balaban J connectivity index is 0.00000180. The largest absolute Gasteiger partial charge is 0.398 e. The minimum atomic E-state index is 0. The molecule has 95 valence electrons. The second-order valence-corrected chi connectivity index (χ2v) is 5.05. The molecule has 0 aliphatic heterocycles. The number of hydrogen-bond acceptors (Lipinski definition) is 2. The topological polar surface area (TPSA) is 52.0 Å². The third-order valence-electron chi connectivity index (χ3n) is 3.52. The summed E-state index contributed by atoms with van der Waals surface area (Å²) in [5.74, 6) is 0. The van der Waals surface area contributed by atoms with E-state index in [1.807, 2.05) is 27.7 Å². The van der Waals surface area contributed by atoms with E-state index in [1.165, 1.54) is 11.1 Å². The maximum atomic E-state index is 5.99. The summed E-state index contributed by atoms with van der Waals surface area (Å²) in [4.78, 5) is 0. The Morgan fingerprint density at radius 3 is 1.00 bits per heavy atom. The molecule has 0 saturated carbocycles. The quantitative estimate of drug-likeness (QED) is 0.612. The van der Waals surface area contributed by atoms with Crippen LogP contribution < -0.4 is 11.5 Å². The van der Waals surface area contributed by atoms with Crippen LogP contribution in [0.4, 0.5) is 11.4 Å². The number of hydrogen-bond donors (Lipinski definition) is 2. The van der Waals surface area contributed by atoms with Crippen molar-refractivity contribution in [1.82, 2.24) is 0 Å². The molecule has 4 N–H and O–H groups in total. The van der Waals surface area contributed by atoms with Crippen molar-refractivity contribution < 1.29 is 0 Å². The molecule has 1 radical (unpaired) electrons. The summed E-state index contributed by atoms with van der Waals surface area (Å²) in [5.41, 5.74) is 20.6. The van der Waals surface area contributed by atoms with Gasteiger partial charge in [0.2, 0.25) is 0 Å². The van der Waals surface area contributed by atoms with Gasteiger partial charge in [-0.05, 0) is 85.3 Å². The van der Waals surface area contributed by atoms with E-state index < -0.39 is 0 Å². The number of aryl methyl sites for hydroxylation is 4. The van der Waals surface area contributed by atoms with Crippen molar-refractivity contribution >= 4 is 40.9 Å². The maximum Gasteiger partial charge on any atom is 0.0373 e. The summed E-state index contributed by atoms with van der Waals surface area (Å²) in [6, 6.07) is 8.53. The van der Waals surface area contributed by atoms with Gasteiger partial charge in [-0.3, -0.25) is 0 Å². The molecule has 3 heteroatoms. The van der Waals surface area contributed by atoms with E-state index in [2.05, 4.69) is 24.3 Å². The molecule has 0 unspecified atom stereocenters. The van der Waals surface area contributed by atoms with E-state index in [-0.39, 0.29) is 29.6 Å². The summed E-state index contributed by atoms with van der Waals surface area (Å²) < 4.78 is 0. The minimum absolute atomic E-state index is 0. The van der Waals surface area contributed by atoms with Crippen LogP contribution in [0.1, 0.15) is 22.3 Å². The Morgan fingerprint density at radius 2 is 0.789 bits per heavy atom. The van der Waals surface area contributed by atoms with E-state index in [9.17, 15) is 0 Å². The molecule has 0 aliphatic carbocycles. The van der Waals surface area contributed by atoms with E-state index in [1.54, 1.807) is 0 Å². The van der Waals surface area contributed by atoms with Crippen molar-refractivity contribution in [2.45, 2.75) is 27.7 Å². The van der Waals surface area contributed by atoms with Crippen LogP contribution in [-0.2, 0) is 0 Å². The number of rotatable bonds is 1. The van der Waals surface area contributed by atoms with Crippen LogP contribution in [0, 0.1) is 27.7 Å². The van der Waals surface area contributed by atoms with Crippen LogP contribution in [0.15, 0.2) is 24.3 Å². The van der Waals surface area contributed by atoms with Gasteiger partial charge in [0, 0.05) is 40.9 Å². The third kappa shape index (κ3) is 3.14. The van der Waals surface area contributed by atoms with Crippen LogP contribution >= 0.6 is 0 Å². The Kier molecular flexibility index (Phi) is 5.08. The average Bonchev–Trinajstić information content (AvgIpc) is 2.31. The fraction of sp³-hybridized carbons (Fsp3) is 0.250. The first kappa shape index (κ1) is 16.1. The van der Waals surface area contributed by atoms with Gasteiger partial charge in [0.15, 0.2) is 0 Å². The van der Waals surface area contributed by atoms with Gasteiger partial charge in [-0.25, -0.2) is 0 Å². The zero-order valence-electron chi connectivity index (χ0n) is 12.5. The number of benzene rings is 2. The predicted octanol–water partition coefficient (Wildman–Crippen LogP) is 3.37. The molecule has 0 atom stereocenters. The fourth-order valence-corrected chi connectivity index (χ4v) is 2.28. The molecule has 0 spiro atoms. The summed E-state index contributed by atoms with van der Waals surface area (Å²) in [5, 5.41) is 0. The first-order chi connectivity index (χ1) is 8.40. The van der Waals surface area contributed by atoms with Gasteiger partial charge in [-0.2, -0.15) is 0 Å². The van der Waals surface area contributed by atoms with Gasteiger partial charge in [0.25, 0.3) is 0 Å². The Morgan fingerprint density at radius 1 is 0.579 bits per heavy atom. The van der Waals surface area contributed by atoms with Crippen molar-refractivity contribution in [3.8, 4) is 11.1 Å². The van der Waals surface area contributed by atoms with Crippen molar-refractivity contribution in [3.63, 3.8) is 0 Å². The van der Waals surface area contributed by atoms with E-state index in [4.69, 9.17) is 11.5 Å². The zero-order chi connectivity index (χ0) is 13.4. The molecular weight excluding hydrogens is 243 g/mol. The average molecular weight is 263 g/mol. The Labute approximate surface area is 137 Å². The fourth-order valence-electron chi connectivity index (χ4n) is 2.28. The molecule has 2 aromatic carbocycles. The van der Waals surface area contributed by atoms with Crippen LogP contribution in [0.3, 0.4) is 0 Å². The smallest absolute Gasteiger partial charge is 0.0373 e. The molecule has 0 heterocycles. The van der Waals surface area contributed by atoms with Crippen LogP contribution in [0.2, 0.25) is 0 Å². The molecular formula is C16H20N2Na. The maximum absolute atomic E-state index is 5.99. The molecule has 19 heavy (non-hydrogen) atoms. The second kappa shape index (κ2) is 6.00. The molecule has 0 fully saturated rings. The standard InChI is InChI=1S/C16H20N2.Na/c1-9-5-13(6-10(2)15(9)17)14-7-11(3)16(18)12(4)8-14;/h5-8H,17-18H2,1-4H3;. The van der Waals surface area contributed by atoms with Gasteiger partial charge in [-0.1, -0.05) is 0 Å². The van der Waals surface area contributed by atoms with Gasteiger partial charge >= 0.3 is 0 Å². The van der Waals surface area contributed by atoms with Crippen molar-refractivity contribution in [2.75, 3.05) is 11.5 Å². The SMILES string of the molecule is Cc1cc(-c2cc(C)c(N)c(C)c2)cc(C)c1N.[Na]. The van der Waals surface area contributed by atoms with E-state index in [0.717, 1.165) is 33.6 Å². The van der Waals surface area contributed by atoms with Crippen molar-refractivity contribution in [1.29, 1.82) is 0 Å². The molecule has 0 amide bonds.